The highest BCUT2D eigenvalue weighted by Gasteiger charge is 2.39. The van der Waals surface area contributed by atoms with E-state index < -0.39 is 0 Å². The summed E-state index contributed by atoms with van der Waals surface area (Å²) in [5.74, 6) is 0.557. The Morgan fingerprint density at radius 2 is 1.85 bits per heavy atom. The van der Waals surface area contributed by atoms with E-state index >= 15 is 0 Å². The summed E-state index contributed by atoms with van der Waals surface area (Å²) in [4.78, 5) is 4.90. The number of rotatable bonds is 4. The highest BCUT2D eigenvalue weighted by atomic mass is 19.1. The van der Waals surface area contributed by atoms with E-state index in [2.05, 4.69) is 16.8 Å². The van der Waals surface area contributed by atoms with Crippen molar-refractivity contribution in [2.45, 2.75) is 31.4 Å². The fraction of sp³-hybridized carbons (Fsp3) is 0.625. The lowest BCUT2D eigenvalue weighted by Gasteiger charge is -2.47. The van der Waals surface area contributed by atoms with Crippen molar-refractivity contribution in [2.75, 3.05) is 33.2 Å². The van der Waals surface area contributed by atoms with Crippen molar-refractivity contribution in [2.24, 2.45) is 0 Å². The second kappa shape index (κ2) is 6.10. The van der Waals surface area contributed by atoms with Gasteiger partial charge in [-0.05, 0) is 57.2 Å². The number of benzene rings is 1. The Kier molecular flexibility index (Phi) is 4.22. The Balaban J connectivity index is 1.55. The van der Waals surface area contributed by atoms with E-state index in [1.165, 1.54) is 44.5 Å². The summed E-state index contributed by atoms with van der Waals surface area (Å²) >= 11 is 0. The number of hydrogen-bond donors (Lipinski definition) is 0. The molecule has 0 bridgehead atoms. The molecule has 0 radical (unpaired) electrons. The van der Waals surface area contributed by atoms with Crippen LogP contribution in [0.3, 0.4) is 0 Å². The second-order valence-electron chi connectivity index (χ2n) is 5.98. The molecule has 0 aromatic heterocycles. The fourth-order valence-corrected chi connectivity index (χ4v) is 3.15. The summed E-state index contributed by atoms with van der Waals surface area (Å²) in [5, 5.41) is 0. The van der Waals surface area contributed by atoms with Crippen molar-refractivity contribution in [1.82, 2.24) is 9.80 Å². The number of hydrogen-bond acceptors (Lipinski definition) is 3. The van der Waals surface area contributed by atoms with Crippen molar-refractivity contribution >= 4 is 0 Å². The van der Waals surface area contributed by atoms with Crippen molar-refractivity contribution in [1.29, 1.82) is 0 Å². The van der Waals surface area contributed by atoms with Crippen LogP contribution in [0.1, 0.15) is 19.3 Å². The number of nitrogens with zero attached hydrogens (tertiary/aromatic N) is 2. The molecular weight excluding hydrogens is 255 g/mol. The molecule has 2 saturated heterocycles. The van der Waals surface area contributed by atoms with E-state index in [-0.39, 0.29) is 11.9 Å². The molecule has 2 atom stereocenters. The van der Waals surface area contributed by atoms with E-state index in [4.69, 9.17) is 4.74 Å². The third-order valence-corrected chi connectivity index (χ3v) is 4.46. The first-order valence-corrected chi connectivity index (χ1v) is 7.57. The lowest BCUT2D eigenvalue weighted by molar-refractivity contribution is -0.0451. The summed E-state index contributed by atoms with van der Waals surface area (Å²) < 4.78 is 18.9. The molecule has 20 heavy (non-hydrogen) atoms. The molecule has 0 unspecified atom stereocenters. The molecule has 2 heterocycles. The number of likely N-dealkylation sites (N-methyl/N-ethyl adjacent to an activating group) is 1. The van der Waals surface area contributed by atoms with E-state index in [0.29, 0.717) is 6.04 Å². The Labute approximate surface area is 120 Å². The van der Waals surface area contributed by atoms with Gasteiger partial charge in [-0.25, -0.2) is 4.39 Å². The first-order chi connectivity index (χ1) is 9.72. The molecule has 3 nitrogen and oxygen atoms in total. The zero-order valence-corrected chi connectivity index (χ0v) is 12.1. The monoisotopic (exact) mass is 278 g/mol. The second-order valence-corrected chi connectivity index (χ2v) is 5.98. The molecule has 2 fully saturated rings. The highest BCUT2D eigenvalue weighted by Crippen LogP contribution is 2.24. The number of ether oxygens (including phenoxy) is 1. The highest BCUT2D eigenvalue weighted by molar-refractivity contribution is 5.23. The van der Waals surface area contributed by atoms with Gasteiger partial charge in [0.15, 0.2) is 0 Å². The van der Waals surface area contributed by atoms with E-state index in [0.717, 1.165) is 18.8 Å². The summed E-state index contributed by atoms with van der Waals surface area (Å²) in [6.45, 7) is 4.47. The molecule has 2 aliphatic rings. The third-order valence-electron chi connectivity index (χ3n) is 4.46. The maximum Gasteiger partial charge on any atom is 0.128 e. The maximum absolute atomic E-state index is 12.9. The maximum atomic E-state index is 12.9. The van der Waals surface area contributed by atoms with Gasteiger partial charge in [0.2, 0.25) is 0 Å². The molecule has 4 heteroatoms. The van der Waals surface area contributed by atoms with Crippen LogP contribution in [-0.2, 0) is 0 Å². The van der Waals surface area contributed by atoms with Crippen molar-refractivity contribution in [3.05, 3.63) is 30.1 Å². The summed E-state index contributed by atoms with van der Waals surface area (Å²) in [6.07, 6.45) is 4.24. The molecule has 0 saturated carbocycles. The number of piperidine rings is 1. The molecular formula is C16H23FN2O. The number of likely N-dealkylation sites (tertiary alicyclic amines) is 2. The van der Waals surface area contributed by atoms with Crippen LogP contribution in [0.25, 0.3) is 0 Å². The van der Waals surface area contributed by atoms with Crippen LogP contribution in [-0.4, -0.2) is 55.2 Å². The van der Waals surface area contributed by atoms with Crippen molar-refractivity contribution in [3.8, 4) is 5.75 Å². The van der Waals surface area contributed by atoms with Crippen LogP contribution in [0.5, 0.6) is 5.75 Å². The lowest BCUT2D eigenvalue weighted by atomic mass is 9.98. The van der Waals surface area contributed by atoms with Gasteiger partial charge in [-0.15, -0.1) is 0 Å². The molecule has 1 aromatic carbocycles. The zero-order chi connectivity index (χ0) is 13.9. The molecule has 0 N–H and O–H groups in total. The van der Waals surface area contributed by atoms with Gasteiger partial charge in [-0.3, -0.25) is 4.90 Å². The first-order valence-electron chi connectivity index (χ1n) is 7.57. The molecule has 3 rings (SSSR count). The molecule has 1 aromatic rings. The Morgan fingerprint density at radius 1 is 1.15 bits per heavy atom. The Hall–Kier alpha value is -1.13. The van der Waals surface area contributed by atoms with Gasteiger partial charge in [0.05, 0.1) is 6.04 Å². The zero-order valence-electron chi connectivity index (χ0n) is 12.1. The smallest absolute Gasteiger partial charge is 0.128 e. The average molecular weight is 278 g/mol. The van der Waals surface area contributed by atoms with Crippen LogP contribution in [0.15, 0.2) is 24.3 Å². The van der Waals surface area contributed by atoms with Gasteiger partial charge in [-0.1, -0.05) is 6.42 Å². The van der Waals surface area contributed by atoms with Gasteiger partial charge >= 0.3 is 0 Å². The van der Waals surface area contributed by atoms with Crippen LogP contribution in [0, 0.1) is 5.82 Å². The molecule has 0 spiro atoms. The number of halogens is 1. The van der Waals surface area contributed by atoms with E-state index in [9.17, 15) is 4.39 Å². The summed E-state index contributed by atoms with van der Waals surface area (Å²) in [6, 6.07) is 6.80. The largest absolute Gasteiger partial charge is 0.487 e. The predicted octanol–water partition coefficient (Wildman–Crippen LogP) is 2.37. The molecule has 0 aliphatic carbocycles. The van der Waals surface area contributed by atoms with Gasteiger partial charge in [0, 0.05) is 13.1 Å². The lowest BCUT2D eigenvalue weighted by Crippen LogP contribution is -2.64. The summed E-state index contributed by atoms with van der Waals surface area (Å²) in [7, 11) is 2.15. The van der Waals surface area contributed by atoms with Crippen LogP contribution < -0.4 is 4.74 Å². The molecule has 2 aliphatic heterocycles. The van der Waals surface area contributed by atoms with Crippen molar-refractivity contribution in [3.63, 3.8) is 0 Å². The standard InChI is InChI=1S/C16H23FN2O/c1-18-12-16(20-14-7-5-13(17)6-8-14)15(18)11-19-9-3-2-4-10-19/h5-8,15-16H,2-4,9-12H2,1H3/t15-,16-/m1/s1. The van der Waals surface area contributed by atoms with Gasteiger partial charge in [0.1, 0.15) is 17.7 Å². The third kappa shape index (κ3) is 3.13. The fourth-order valence-electron chi connectivity index (χ4n) is 3.15. The first kappa shape index (κ1) is 13.8. The van der Waals surface area contributed by atoms with Gasteiger partial charge in [-0.2, -0.15) is 0 Å². The average Bonchev–Trinajstić information content (AvgIpc) is 2.48. The Bertz CT molecular complexity index is 431. The SMILES string of the molecule is CN1C[C@@H](Oc2ccc(F)cc2)[C@H]1CN1CCCCC1. The van der Waals surface area contributed by atoms with Crippen LogP contribution in [0.2, 0.25) is 0 Å². The van der Waals surface area contributed by atoms with E-state index in [1.807, 2.05) is 0 Å². The van der Waals surface area contributed by atoms with Gasteiger partial charge < -0.3 is 9.64 Å². The van der Waals surface area contributed by atoms with E-state index in [1.54, 1.807) is 12.1 Å². The Morgan fingerprint density at radius 3 is 2.50 bits per heavy atom. The molecule has 110 valence electrons. The van der Waals surface area contributed by atoms with Crippen molar-refractivity contribution < 1.29 is 9.13 Å². The minimum absolute atomic E-state index is 0.215. The molecule has 0 amide bonds. The minimum atomic E-state index is -0.215. The topological polar surface area (TPSA) is 15.7 Å². The van der Waals surface area contributed by atoms with Gasteiger partial charge in [0.25, 0.3) is 0 Å². The predicted molar refractivity (Wildman–Crippen MR) is 77.5 cm³/mol. The van der Waals surface area contributed by atoms with Crippen LogP contribution >= 0.6 is 0 Å². The quantitative estimate of drug-likeness (QED) is 0.841. The summed E-state index contributed by atoms with van der Waals surface area (Å²) in [5.41, 5.74) is 0. The van der Waals surface area contributed by atoms with Crippen LogP contribution in [0.4, 0.5) is 4.39 Å². The minimum Gasteiger partial charge on any atom is -0.487 e. The normalized spacial score (nSPS) is 28.1.